The van der Waals surface area contributed by atoms with Crippen LogP contribution in [-0.2, 0) is 0 Å². The first-order valence-electron chi connectivity index (χ1n) is 17.3. The van der Waals surface area contributed by atoms with Gasteiger partial charge in [-0.15, -0.1) is 22.7 Å². The second-order valence-electron chi connectivity index (χ2n) is 12.9. The molecule has 0 fully saturated rings. The molecule has 4 nitrogen and oxygen atoms in total. The Hall–Kier alpha value is -6.21. The van der Waals surface area contributed by atoms with Crippen LogP contribution in [0.2, 0.25) is 0 Å². The van der Waals surface area contributed by atoms with Gasteiger partial charge in [0.2, 0.25) is 0 Å². The van der Waals surface area contributed by atoms with Gasteiger partial charge in [-0.05, 0) is 59.2 Å². The molecule has 0 aliphatic carbocycles. The summed E-state index contributed by atoms with van der Waals surface area (Å²) in [7, 11) is 0. The Morgan fingerprint density at radius 1 is 0.481 bits per heavy atom. The van der Waals surface area contributed by atoms with Crippen molar-refractivity contribution >= 4 is 63.7 Å². The molecule has 0 amide bonds. The first-order valence-corrected chi connectivity index (χ1v) is 18.9. The fraction of sp³-hybridized carbons (Fsp3) is 0.0217. The minimum atomic E-state index is -0.235. The molecule has 246 valence electrons. The summed E-state index contributed by atoms with van der Waals surface area (Å²) in [4.78, 5) is 15.5. The van der Waals surface area contributed by atoms with Gasteiger partial charge >= 0.3 is 0 Å². The molecule has 0 bridgehead atoms. The van der Waals surface area contributed by atoms with Crippen molar-refractivity contribution in [1.82, 2.24) is 15.3 Å². The molecule has 9 aromatic rings. The third-order valence-corrected chi connectivity index (χ3v) is 12.0. The van der Waals surface area contributed by atoms with Crippen molar-refractivity contribution in [3.05, 3.63) is 187 Å². The lowest BCUT2D eigenvalue weighted by Crippen LogP contribution is -2.24. The van der Waals surface area contributed by atoms with Gasteiger partial charge in [-0.3, -0.25) is 4.99 Å². The molecule has 1 N–H and O–H groups in total. The first-order chi connectivity index (χ1) is 25.7. The SMILES string of the molecule is C1=C(c2ccccc2)NC(c2ccc3sc4sc5ccc(-c6nc(-c7ccccc7)cc(-c7ccccc7)n6)cc5c4c3c2)N=C1c1ccccc1. The molecule has 52 heavy (non-hydrogen) atoms. The van der Waals surface area contributed by atoms with Crippen LogP contribution in [0.4, 0.5) is 0 Å². The average molecular weight is 703 g/mol. The van der Waals surface area contributed by atoms with E-state index in [2.05, 4.69) is 157 Å². The zero-order valence-corrected chi connectivity index (χ0v) is 29.5. The van der Waals surface area contributed by atoms with E-state index in [-0.39, 0.29) is 6.17 Å². The van der Waals surface area contributed by atoms with E-state index < -0.39 is 0 Å². The van der Waals surface area contributed by atoms with Gasteiger partial charge in [0.25, 0.3) is 0 Å². The van der Waals surface area contributed by atoms with Gasteiger partial charge < -0.3 is 5.32 Å². The second-order valence-corrected chi connectivity index (χ2v) is 15.2. The highest BCUT2D eigenvalue weighted by Gasteiger charge is 2.22. The van der Waals surface area contributed by atoms with Crippen LogP contribution < -0.4 is 5.32 Å². The van der Waals surface area contributed by atoms with Crippen molar-refractivity contribution in [3.8, 4) is 33.9 Å². The fourth-order valence-corrected chi connectivity index (χ4v) is 9.54. The average Bonchev–Trinajstić information content (AvgIpc) is 3.77. The van der Waals surface area contributed by atoms with E-state index in [1.54, 1.807) is 0 Å². The van der Waals surface area contributed by atoms with E-state index in [9.17, 15) is 0 Å². The summed E-state index contributed by atoms with van der Waals surface area (Å²) in [5.74, 6) is 0.719. The molecule has 1 aliphatic heterocycles. The summed E-state index contributed by atoms with van der Waals surface area (Å²) in [5.41, 5.74) is 10.4. The minimum Gasteiger partial charge on any atom is -0.360 e. The van der Waals surface area contributed by atoms with Crippen LogP contribution >= 0.6 is 22.7 Å². The van der Waals surface area contributed by atoms with E-state index in [1.807, 2.05) is 40.9 Å². The van der Waals surface area contributed by atoms with Crippen molar-refractivity contribution in [2.45, 2.75) is 6.17 Å². The van der Waals surface area contributed by atoms with Gasteiger partial charge in [0.05, 0.1) is 21.1 Å². The molecule has 0 saturated heterocycles. The Bertz CT molecular complexity index is 2750. The maximum absolute atomic E-state index is 5.26. The predicted molar refractivity (Wildman–Crippen MR) is 220 cm³/mol. The number of fused-ring (bicyclic) bond motifs is 5. The van der Waals surface area contributed by atoms with Crippen molar-refractivity contribution in [2.75, 3.05) is 0 Å². The second kappa shape index (κ2) is 12.8. The maximum atomic E-state index is 5.26. The van der Waals surface area contributed by atoms with E-state index in [1.165, 1.54) is 29.6 Å². The lowest BCUT2D eigenvalue weighted by atomic mass is 10.0. The van der Waals surface area contributed by atoms with Crippen molar-refractivity contribution in [1.29, 1.82) is 0 Å². The molecule has 6 aromatic carbocycles. The molecule has 0 radical (unpaired) electrons. The molecule has 10 rings (SSSR count). The Kier molecular flexibility index (Phi) is 7.56. The van der Waals surface area contributed by atoms with Crippen LogP contribution in [0.5, 0.6) is 0 Å². The Morgan fingerprint density at radius 3 is 1.63 bits per heavy atom. The van der Waals surface area contributed by atoms with Gasteiger partial charge in [0, 0.05) is 47.9 Å². The van der Waals surface area contributed by atoms with Crippen LogP contribution in [0.25, 0.3) is 69.2 Å². The lowest BCUT2D eigenvalue weighted by Gasteiger charge is -2.25. The van der Waals surface area contributed by atoms with Crippen molar-refractivity contribution < 1.29 is 0 Å². The van der Waals surface area contributed by atoms with Crippen LogP contribution in [0, 0.1) is 0 Å². The molecule has 0 spiro atoms. The number of hydrogen-bond acceptors (Lipinski definition) is 6. The summed E-state index contributed by atoms with van der Waals surface area (Å²) in [6.07, 6.45) is 1.93. The van der Waals surface area contributed by atoms with Gasteiger partial charge in [-0.25, -0.2) is 9.97 Å². The van der Waals surface area contributed by atoms with Crippen LogP contribution in [0.15, 0.2) is 175 Å². The Morgan fingerprint density at radius 2 is 1.02 bits per heavy atom. The number of aromatic nitrogens is 2. The van der Waals surface area contributed by atoms with Crippen molar-refractivity contribution in [3.63, 3.8) is 0 Å². The maximum Gasteiger partial charge on any atom is 0.160 e. The third kappa shape index (κ3) is 5.59. The summed E-state index contributed by atoms with van der Waals surface area (Å²) >= 11 is 3.71. The van der Waals surface area contributed by atoms with E-state index >= 15 is 0 Å². The zero-order chi connectivity index (χ0) is 34.4. The minimum absolute atomic E-state index is 0.235. The number of allylic oxidation sites excluding steroid dienone is 1. The Labute approximate surface area is 309 Å². The van der Waals surface area contributed by atoms with E-state index in [0.29, 0.717) is 0 Å². The van der Waals surface area contributed by atoms with E-state index in [0.717, 1.165) is 62.0 Å². The quantitative estimate of drug-likeness (QED) is 0.188. The summed E-state index contributed by atoms with van der Waals surface area (Å²) in [6, 6.07) is 57.2. The number of thiophene rings is 2. The normalized spacial score (nSPS) is 14.3. The van der Waals surface area contributed by atoms with E-state index in [4.69, 9.17) is 15.0 Å². The highest BCUT2D eigenvalue weighted by Crippen LogP contribution is 2.46. The number of nitrogens with one attached hydrogen (secondary N) is 1. The van der Waals surface area contributed by atoms with Crippen LogP contribution in [-0.4, -0.2) is 15.7 Å². The number of hydrogen-bond donors (Lipinski definition) is 1. The van der Waals surface area contributed by atoms with Crippen molar-refractivity contribution in [2.24, 2.45) is 4.99 Å². The molecular formula is C46H30N4S2. The summed E-state index contributed by atoms with van der Waals surface area (Å²) in [5, 5.41) is 7.51. The molecule has 6 heteroatoms. The van der Waals surface area contributed by atoms with Gasteiger partial charge in [0.1, 0.15) is 6.17 Å². The first kappa shape index (κ1) is 30.6. The fourth-order valence-electron chi connectivity index (χ4n) is 6.98. The standard InChI is InChI=1S/C46H30N4S2/c1-5-13-29(14-6-1)37-27-38(30-15-7-2-8-16-30)48-44(47-37)33-21-23-41-35(25-33)43-36-26-34(22-24-42(36)52-46(43)51-41)45-49-39(31-17-9-3-10-18-31)28-40(50-45)32-19-11-4-12-20-32/h1-28,44,47H. The monoisotopic (exact) mass is 702 g/mol. The lowest BCUT2D eigenvalue weighted by molar-refractivity contribution is 0.665. The highest BCUT2D eigenvalue weighted by atomic mass is 32.2. The topological polar surface area (TPSA) is 50.2 Å². The largest absolute Gasteiger partial charge is 0.360 e. The summed E-state index contributed by atoms with van der Waals surface area (Å²) < 4.78 is 3.85. The molecule has 1 aliphatic rings. The predicted octanol–water partition coefficient (Wildman–Crippen LogP) is 12.2. The molecule has 4 heterocycles. The zero-order valence-electron chi connectivity index (χ0n) is 27.9. The van der Waals surface area contributed by atoms with Crippen LogP contribution in [0.1, 0.15) is 22.9 Å². The molecule has 0 saturated carbocycles. The number of rotatable bonds is 6. The van der Waals surface area contributed by atoms with Gasteiger partial charge in [-0.2, -0.15) is 0 Å². The molecule has 1 atom stereocenters. The molecule has 1 unspecified atom stereocenters. The third-order valence-electron chi connectivity index (χ3n) is 9.57. The van der Waals surface area contributed by atoms with Gasteiger partial charge in [0.15, 0.2) is 5.82 Å². The van der Waals surface area contributed by atoms with Gasteiger partial charge in [-0.1, -0.05) is 127 Å². The molecule has 3 aromatic heterocycles. The Balaban J connectivity index is 1.10. The highest BCUT2D eigenvalue weighted by molar-refractivity contribution is 7.44. The number of nitrogens with zero attached hydrogens (tertiary/aromatic N) is 3. The molecular weight excluding hydrogens is 673 g/mol. The smallest absolute Gasteiger partial charge is 0.160 e. The van der Waals surface area contributed by atoms with Crippen LogP contribution in [0.3, 0.4) is 0 Å². The number of benzene rings is 6. The summed E-state index contributed by atoms with van der Waals surface area (Å²) in [6.45, 7) is 0. The number of aliphatic imine (C=N–C) groups is 1.